The highest BCUT2D eigenvalue weighted by Gasteiger charge is 2.14. The largest absolute Gasteiger partial charge is 0.504 e. The van der Waals surface area contributed by atoms with Gasteiger partial charge in [0.2, 0.25) is 0 Å². The topological polar surface area (TPSA) is 55.8 Å². The van der Waals surface area contributed by atoms with Crippen LogP contribution in [0.5, 0.6) is 0 Å². The SMILES string of the molecule is C=CCOC(=O)C=CC1C=CC(O)=C(OC)C1. The van der Waals surface area contributed by atoms with Crippen molar-refractivity contribution in [3.05, 3.63) is 48.5 Å². The van der Waals surface area contributed by atoms with E-state index >= 15 is 0 Å². The molecule has 4 heteroatoms. The number of aliphatic hydroxyl groups is 1. The summed E-state index contributed by atoms with van der Waals surface area (Å²) in [6.45, 7) is 3.65. The predicted molar refractivity (Wildman–Crippen MR) is 64.2 cm³/mol. The first-order valence-corrected chi connectivity index (χ1v) is 5.27. The second-order valence-electron chi connectivity index (χ2n) is 3.52. The monoisotopic (exact) mass is 236 g/mol. The van der Waals surface area contributed by atoms with Gasteiger partial charge in [0.1, 0.15) is 12.4 Å². The number of methoxy groups -OCH3 is 1. The molecular formula is C13H16O4. The van der Waals surface area contributed by atoms with Crippen molar-refractivity contribution >= 4 is 5.97 Å². The number of hydrogen-bond donors (Lipinski definition) is 1. The summed E-state index contributed by atoms with van der Waals surface area (Å²) in [6.07, 6.45) is 8.49. The Labute approximate surface area is 101 Å². The third kappa shape index (κ3) is 4.18. The van der Waals surface area contributed by atoms with Crippen LogP contribution in [-0.2, 0) is 14.3 Å². The second-order valence-corrected chi connectivity index (χ2v) is 3.52. The molecule has 0 radical (unpaired) electrons. The summed E-state index contributed by atoms with van der Waals surface area (Å²) in [4.78, 5) is 11.2. The highest BCUT2D eigenvalue weighted by Crippen LogP contribution is 2.23. The van der Waals surface area contributed by atoms with Gasteiger partial charge in [-0.25, -0.2) is 4.79 Å². The molecule has 0 amide bonds. The third-order valence-electron chi connectivity index (χ3n) is 2.28. The first-order chi connectivity index (χ1) is 8.17. The molecule has 0 saturated heterocycles. The van der Waals surface area contributed by atoms with Crippen LogP contribution in [0, 0.1) is 5.92 Å². The van der Waals surface area contributed by atoms with E-state index in [4.69, 9.17) is 9.47 Å². The van der Waals surface area contributed by atoms with E-state index in [9.17, 15) is 9.90 Å². The van der Waals surface area contributed by atoms with Crippen LogP contribution in [0.2, 0.25) is 0 Å². The summed E-state index contributed by atoms with van der Waals surface area (Å²) >= 11 is 0. The Morgan fingerprint density at radius 2 is 2.47 bits per heavy atom. The van der Waals surface area contributed by atoms with Crippen molar-refractivity contribution in [2.75, 3.05) is 13.7 Å². The van der Waals surface area contributed by atoms with Crippen molar-refractivity contribution in [1.29, 1.82) is 0 Å². The normalized spacial score (nSPS) is 19.5. The lowest BCUT2D eigenvalue weighted by Gasteiger charge is -2.15. The number of allylic oxidation sites excluding steroid dienone is 4. The van der Waals surface area contributed by atoms with Crippen LogP contribution in [-0.4, -0.2) is 24.8 Å². The van der Waals surface area contributed by atoms with E-state index < -0.39 is 5.97 Å². The highest BCUT2D eigenvalue weighted by molar-refractivity contribution is 5.82. The average molecular weight is 236 g/mol. The molecule has 0 fully saturated rings. The van der Waals surface area contributed by atoms with E-state index in [1.165, 1.54) is 19.3 Å². The summed E-state index contributed by atoms with van der Waals surface area (Å²) in [6, 6.07) is 0. The zero-order chi connectivity index (χ0) is 12.7. The van der Waals surface area contributed by atoms with Crippen LogP contribution in [0.3, 0.4) is 0 Å². The Bertz CT molecular complexity index is 377. The van der Waals surface area contributed by atoms with E-state index in [0.29, 0.717) is 12.2 Å². The smallest absolute Gasteiger partial charge is 0.330 e. The average Bonchev–Trinajstić information content (AvgIpc) is 2.35. The minimum Gasteiger partial charge on any atom is -0.504 e. The number of rotatable bonds is 5. The van der Waals surface area contributed by atoms with Crippen molar-refractivity contribution in [3.63, 3.8) is 0 Å². The lowest BCUT2D eigenvalue weighted by atomic mass is 9.98. The molecule has 1 aliphatic carbocycles. The Morgan fingerprint density at radius 3 is 3.12 bits per heavy atom. The minimum atomic E-state index is -0.406. The zero-order valence-electron chi connectivity index (χ0n) is 9.76. The van der Waals surface area contributed by atoms with Gasteiger partial charge < -0.3 is 14.6 Å². The Balaban J connectivity index is 2.50. The maximum atomic E-state index is 11.2. The number of carbonyl (C=O) groups excluding carboxylic acids is 1. The van der Waals surface area contributed by atoms with Gasteiger partial charge in [0.15, 0.2) is 5.76 Å². The summed E-state index contributed by atoms with van der Waals surface area (Å²) in [5, 5.41) is 9.42. The van der Waals surface area contributed by atoms with Gasteiger partial charge in [-0.2, -0.15) is 0 Å². The number of carbonyl (C=O) groups is 1. The molecule has 0 bridgehead atoms. The van der Waals surface area contributed by atoms with E-state index in [0.717, 1.165) is 0 Å². The van der Waals surface area contributed by atoms with E-state index in [-0.39, 0.29) is 18.3 Å². The molecule has 0 aromatic rings. The molecule has 1 rings (SSSR count). The van der Waals surface area contributed by atoms with Crippen LogP contribution in [0.4, 0.5) is 0 Å². The van der Waals surface area contributed by atoms with Gasteiger partial charge in [-0.3, -0.25) is 0 Å². The fourth-order valence-corrected chi connectivity index (χ4v) is 1.41. The molecule has 1 N–H and O–H groups in total. The summed E-state index contributed by atoms with van der Waals surface area (Å²) in [5.41, 5.74) is 0. The summed E-state index contributed by atoms with van der Waals surface area (Å²) < 4.78 is 9.82. The standard InChI is InChI=1S/C13H16O4/c1-3-8-17-13(15)7-5-10-4-6-11(14)12(9-10)16-2/h3-7,10,14H,1,8-9H2,2H3. The number of esters is 1. The maximum Gasteiger partial charge on any atom is 0.330 e. The maximum absolute atomic E-state index is 11.2. The van der Waals surface area contributed by atoms with Crippen LogP contribution in [0.15, 0.2) is 48.5 Å². The number of aliphatic hydroxyl groups excluding tert-OH is 1. The van der Waals surface area contributed by atoms with E-state index in [1.54, 1.807) is 18.2 Å². The Morgan fingerprint density at radius 1 is 1.71 bits per heavy atom. The molecular weight excluding hydrogens is 220 g/mol. The number of ether oxygens (including phenoxy) is 2. The fraction of sp³-hybridized carbons (Fsp3) is 0.308. The lowest BCUT2D eigenvalue weighted by Crippen LogP contribution is -2.06. The molecule has 0 saturated carbocycles. The number of hydrogen-bond acceptors (Lipinski definition) is 4. The van der Waals surface area contributed by atoms with Crippen molar-refractivity contribution < 1.29 is 19.4 Å². The molecule has 0 aliphatic heterocycles. The molecule has 1 aliphatic rings. The molecule has 1 unspecified atom stereocenters. The molecule has 0 aromatic carbocycles. The van der Waals surface area contributed by atoms with E-state index in [2.05, 4.69) is 6.58 Å². The Hall–Kier alpha value is -1.97. The van der Waals surface area contributed by atoms with Crippen molar-refractivity contribution in [2.45, 2.75) is 6.42 Å². The molecule has 0 spiro atoms. The Kier molecular flexibility index (Phi) is 5.07. The van der Waals surface area contributed by atoms with E-state index in [1.807, 2.05) is 0 Å². The molecule has 0 heterocycles. The second kappa shape index (κ2) is 6.58. The lowest BCUT2D eigenvalue weighted by molar-refractivity contribution is -0.136. The van der Waals surface area contributed by atoms with Crippen LogP contribution < -0.4 is 0 Å². The van der Waals surface area contributed by atoms with Crippen molar-refractivity contribution in [2.24, 2.45) is 5.92 Å². The molecule has 0 aromatic heterocycles. The van der Waals surface area contributed by atoms with Gasteiger partial charge in [0.25, 0.3) is 0 Å². The molecule has 92 valence electrons. The molecule has 17 heavy (non-hydrogen) atoms. The van der Waals surface area contributed by atoms with Gasteiger partial charge in [-0.15, -0.1) is 0 Å². The highest BCUT2D eigenvalue weighted by atomic mass is 16.5. The fourth-order valence-electron chi connectivity index (χ4n) is 1.41. The van der Waals surface area contributed by atoms with Crippen LogP contribution in [0.25, 0.3) is 0 Å². The predicted octanol–water partition coefficient (Wildman–Crippen LogP) is 2.26. The van der Waals surface area contributed by atoms with Crippen molar-refractivity contribution in [3.8, 4) is 0 Å². The minimum absolute atomic E-state index is 0.0251. The van der Waals surface area contributed by atoms with Crippen LogP contribution >= 0.6 is 0 Å². The summed E-state index contributed by atoms with van der Waals surface area (Å²) in [5.74, 6) is 0.265. The first-order valence-electron chi connectivity index (χ1n) is 5.27. The van der Waals surface area contributed by atoms with Gasteiger partial charge >= 0.3 is 5.97 Å². The quantitative estimate of drug-likeness (QED) is 0.452. The third-order valence-corrected chi connectivity index (χ3v) is 2.28. The summed E-state index contributed by atoms with van der Waals surface area (Å²) in [7, 11) is 1.50. The van der Waals surface area contributed by atoms with Gasteiger partial charge in [0, 0.05) is 18.4 Å². The molecule has 4 nitrogen and oxygen atoms in total. The van der Waals surface area contributed by atoms with Gasteiger partial charge in [-0.1, -0.05) is 24.8 Å². The van der Waals surface area contributed by atoms with Crippen molar-refractivity contribution in [1.82, 2.24) is 0 Å². The van der Waals surface area contributed by atoms with Crippen LogP contribution in [0.1, 0.15) is 6.42 Å². The van der Waals surface area contributed by atoms with Gasteiger partial charge in [-0.05, 0) is 6.08 Å². The zero-order valence-corrected chi connectivity index (χ0v) is 9.76. The first kappa shape index (κ1) is 13.1. The molecule has 1 atom stereocenters. The van der Waals surface area contributed by atoms with Gasteiger partial charge in [0.05, 0.1) is 7.11 Å².